The van der Waals surface area contributed by atoms with Crippen LogP contribution in [0.3, 0.4) is 0 Å². The SMILES string of the molecule is c1ccc(-c2nc(-c3ccc4sc5cc6c(cc5c4c3)C3(c4cc5ccccc5cc4-6)C4CC5CC(C4)CC3C5)nc3sc4ccccc4c23)cc1. The summed E-state index contributed by atoms with van der Waals surface area (Å²) in [5.41, 5.74) is 9.61. The van der Waals surface area contributed by atoms with Crippen LogP contribution >= 0.6 is 22.7 Å². The number of hydrogen-bond acceptors (Lipinski definition) is 4. The minimum atomic E-state index is 0.127. The molecule has 0 aliphatic heterocycles. The van der Waals surface area contributed by atoms with E-state index < -0.39 is 0 Å². The van der Waals surface area contributed by atoms with Crippen molar-refractivity contribution in [3.63, 3.8) is 0 Å². The summed E-state index contributed by atoms with van der Waals surface area (Å²) < 4.78 is 3.98. The molecule has 5 aliphatic carbocycles. The second kappa shape index (κ2) is 10.2. The molecule has 14 rings (SSSR count). The zero-order valence-electron chi connectivity index (χ0n) is 28.6. The van der Waals surface area contributed by atoms with E-state index in [1.165, 1.54) is 84.3 Å². The summed E-state index contributed by atoms with van der Waals surface area (Å²) in [6.07, 6.45) is 7.05. The van der Waals surface area contributed by atoms with E-state index in [9.17, 15) is 0 Å². The fourth-order valence-corrected chi connectivity index (χ4v) is 14.0. The molecule has 0 N–H and O–H groups in total. The summed E-state index contributed by atoms with van der Waals surface area (Å²) >= 11 is 3.71. The first-order valence-corrected chi connectivity index (χ1v) is 20.6. The Bertz CT molecular complexity index is 2960. The zero-order valence-corrected chi connectivity index (χ0v) is 30.2. The van der Waals surface area contributed by atoms with Crippen LogP contribution in [-0.4, -0.2) is 9.97 Å². The first-order chi connectivity index (χ1) is 25.7. The second-order valence-corrected chi connectivity index (χ2v) is 18.3. The van der Waals surface area contributed by atoms with Crippen LogP contribution in [0.5, 0.6) is 0 Å². The van der Waals surface area contributed by atoms with E-state index >= 15 is 0 Å². The van der Waals surface area contributed by atoms with Crippen molar-refractivity contribution in [2.75, 3.05) is 0 Å². The predicted octanol–water partition coefficient (Wildman–Crippen LogP) is 13.4. The highest BCUT2D eigenvalue weighted by atomic mass is 32.1. The van der Waals surface area contributed by atoms with Crippen LogP contribution in [-0.2, 0) is 5.41 Å². The molecule has 5 aliphatic rings. The highest BCUT2D eigenvalue weighted by Gasteiger charge is 2.61. The van der Waals surface area contributed by atoms with Crippen LogP contribution in [0.25, 0.3) is 85.0 Å². The third-order valence-corrected chi connectivity index (χ3v) is 15.8. The normalized spacial score (nSPS) is 24.2. The van der Waals surface area contributed by atoms with Crippen molar-refractivity contribution in [2.24, 2.45) is 23.7 Å². The third-order valence-electron chi connectivity index (χ3n) is 13.6. The Morgan fingerprint density at radius 2 is 1.17 bits per heavy atom. The van der Waals surface area contributed by atoms with Gasteiger partial charge in [-0.15, -0.1) is 22.7 Å². The van der Waals surface area contributed by atoms with Gasteiger partial charge in [-0.1, -0.05) is 72.8 Å². The van der Waals surface area contributed by atoms with Gasteiger partial charge in [-0.2, -0.15) is 0 Å². The maximum Gasteiger partial charge on any atom is 0.161 e. The first-order valence-electron chi connectivity index (χ1n) is 19.0. The topological polar surface area (TPSA) is 25.8 Å². The molecule has 4 heteroatoms. The monoisotopic (exact) mass is 702 g/mol. The highest BCUT2D eigenvalue weighted by Crippen LogP contribution is 2.70. The van der Waals surface area contributed by atoms with Crippen molar-refractivity contribution in [2.45, 2.75) is 37.5 Å². The van der Waals surface area contributed by atoms with Crippen LogP contribution in [0.4, 0.5) is 0 Å². The molecule has 248 valence electrons. The predicted molar refractivity (Wildman–Crippen MR) is 219 cm³/mol. The molecule has 4 bridgehead atoms. The summed E-state index contributed by atoms with van der Waals surface area (Å²) in [5.74, 6) is 4.13. The maximum absolute atomic E-state index is 5.36. The van der Waals surface area contributed by atoms with Gasteiger partial charge in [0.25, 0.3) is 0 Å². The molecule has 9 aromatic rings. The summed E-state index contributed by atoms with van der Waals surface area (Å²) in [5, 5.41) is 7.87. The van der Waals surface area contributed by atoms with Crippen molar-refractivity contribution in [3.8, 4) is 33.8 Å². The number of hydrogen-bond donors (Lipinski definition) is 0. The molecule has 0 atom stereocenters. The zero-order chi connectivity index (χ0) is 33.7. The lowest BCUT2D eigenvalue weighted by Gasteiger charge is -2.61. The molecular formula is C48H34N2S2. The largest absolute Gasteiger partial charge is 0.227 e. The van der Waals surface area contributed by atoms with Crippen molar-refractivity contribution >= 4 is 73.9 Å². The van der Waals surface area contributed by atoms with Crippen molar-refractivity contribution in [1.29, 1.82) is 0 Å². The average molecular weight is 703 g/mol. The van der Waals surface area contributed by atoms with Gasteiger partial charge in [0.05, 0.1) is 5.69 Å². The number of aromatic nitrogens is 2. The van der Waals surface area contributed by atoms with E-state index in [0.29, 0.717) is 0 Å². The molecule has 6 aromatic carbocycles. The molecular weight excluding hydrogens is 669 g/mol. The molecule has 3 aromatic heterocycles. The molecule has 0 radical (unpaired) electrons. The number of nitrogens with zero attached hydrogens (tertiary/aromatic N) is 2. The van der Waals surface area contributed by atoms with E-state index in [1.807, 2.05) is 11.3 Å². The molecule has 0 saturated heterocycles. The Hall–Kier alpha value is -4.90. The number of thiophene rings is 2. The van der Waals surface area contributed by atoms with Crippen LogP contribution in [0.15, 0.2) is 121 Å². The minimum absolute atomic E-state index is 0.127. The van der Waals surface area contributed by atoms with Gasteiger partial charge in [0.1, 0.15) is 4.83 Å². The van der Waals surface area contributed by atoms with Gasteiger partial charge >= 0.3 is 0 Å². The molecule has 52 heavy (non-hydrogen) atoms. The standard InChI is InChI=1S/C48H34N2S2/c1-2-8-28(9-3-1)45-44-34-12-6-7-13-41(34)52-47(44)50-46(49-45)31-14-15-42-37(22-31)38-24-40-36(25-43(38)51-42)35-21-29-10-4-5-11-30(29)23-39(35)48(40)32-17-26-16-27(19-32)20-33(48)18-26/h1-15,21-27,32-33H,16-20H2. The Balaban J connectivity index is 1.05. The summed E-state index contributed by atoms with van der Waals surface area (Å²) in [6.45, 7) is 0. The van der Waals surface area contributed by atoms with Crippen LogP contribution in [0.2, 0.25) is 0 Å². The lowest BCUT2D eigenvalue weighted by Crippen LogP contribution is -2.55. The van der Waals surface area contributed by atoms with Gasteiger partial charge in [0, 0.05) is 52.2 Å². The molecule has 3 heterocycles. The lowest BCUT2D eigenvalue weighted by atomic mass is 9.43. The Morgan fingerprint density at radius 1 is 0.500 bits per heavy atom. The minimum Gasteiger partial charge on any atom is -0.227 e. The summed E-state index contributed by atoms with van der Waals surface area (Å²) in [6, 6.07) is 45.7. The molecule has 1 spiro atoms. The molecule has 4 fully saturated rings. The Kier molecular flexibility index (Phi) is 5.60. The number of fused-ring (bicyclic) bond motifs is 10. The van der Waals surface area contributed by atoms with Crippen LogP contribution < -0.4 is 0 Å². The van der Waals surface area contributed by atoms with Gasteiger partial charge in [0.2, 0.25) is 0 Å². The Morgan fingerprint density at radius 3 is 2.00 bits per heavy atom. The Labute approximate surface area is 309 Å². The van der Waals surface area contributed by atoms with E-state index in [-0.39, 0.29) is 5.41 Å². The lowest BCUT2D eigenvalue weighted by molar-refractivity contribution is -0.0398. The second-order valence-electron chi connectivity index (χ2n) is 16.2. The van der Waals surface area contributed by atoms with E-state index in [2.05, 4.69) is 121 Å². The number of rotatable bonds is 2. The van der Waals surface area contributed by atoms with Crippen LogP contribution in [0.1, 0.15) is 43.2 Å². The molecule has 0 amide bonds. The van der Waals surface area contributed by atoms with E-state index in [0.717, 1.165) is 56.5 Å². The van der Waals surface area contributed by atoms with Gasteiger partial charge < -0.3 is 0 Å². The molecule has 4 saturated carbocycles. The van der Waals surface area contributed by atoms with Gasteiger partial charge in [-0.05, 0) is 137 Å². The smallest absolute Gasteiger partial charge is 0.161 e. The molecule has 0 unspecified atom stereocenters. The molecule has 2 nitrogen and oxygen atoms in total. The van der Waals surface area contributed by atoms with Gasteiger partial charge in [-0.3, -0.25) is 0 Å². The first kappa shape index (κ1) is 28.7. The van der Waals surface area contributed by atoms with Crippen molar-refractivity contribution in [3.05, 3.63) is 132 Å². The van der Waals surface area contributed by atoms with Gasteiger partial charge in [0.15, 0.2) is 5.82 Å². The van der Waals surface area contributed by atoms with Gasteiger partial charge in [-0.25, -0.2) is 9.97 Å². The van der Waals surface area contributed by atoms with Crippen LogP contribution in [0, 0.1) is 23.7 Å². The summed E-state index contributed by atoms with van der Waals surface area (Å²) in [4.78, 5) is 11.7. The van der Waals surface area contributed by atoms with Crippen molar-refractivity contribution in [1.82, 2.24) is 9.97 Å². The van der Waals surface area contributed by atoms with E-state index in [1.54, 1.807) is 22.5 Å². The van der Waals surface area contributed by atoms with Crippen molar-refractivity contribution < 1.29 is 0 Å². The quantitative estimate of drug-likeness (QED) is 0.179. The average Bonchev–Trinajstić information content (AvgIpc) is 3.82. The third kappa shape index (κ3) is 3.69. The van der Waals surface area contributed by atoms with E-state index in [4.69, 9.17) is 9.97 Å². The number of benzene rings is 6. The maximum atomic E-state index is 5.36. The fourth-order valence-electron chi connectivity index (χ4n) is 11.8. The summed E-state index contributed by atoms with van der Waals surface area (Å²) in [7, 11) is 0. The fraction of sp³-hybridized carbons (Fsp3) is 0.208. The highest BCUT2D eigenvalue weighted by molar-refractivity contribution is 7.26.